The van der Waals surface area contributed by atoms with Crippen molar-refractivity contribution in [2.75, 3.05) is 26.2 Å². The molecule has 20 heavy (non-hydrogen) atoms. The quantitative estimate of drug-likeness (QED) is 0.650. The predicted octanol–water partition coefficient (Wildman–Crippen LogP) is 1.26. The molecule has 2 saturated heterocycles. The summed E-state index contributed by atoms with van der Waals surface area (Å²) in [6, 6.07) is 2.61. The molecule has 2 aliphatic rings. The van der Waals surface area contributed by atoms with Crippen LogP contribution in [0.2, 0.25) is 0 Å². The zero-order valence-corrected chi connectivity index (χ0v) is 11.1. The number of likely N-dealkylation sites (tertiary alicyclic amines) is 1. The highest BCUT2D eigenvalue weighted by Gasteiger charge is 2.32. The molecule has 1 N–H and O–H groups in total. The van der Waals surface area contributed by atoms with Crippen LogP contribution in [0.5, 0.6) is 0 Å². The van der Waals surface area contributed by atoms with Crippen LogP contribution in [-0.4, -0.2) is 41.9 Å². The van der Waals surface area contributed by atoms with Crippen molar-refractivity contribution in [2.24, 2.45) is 11.8 Å². The molecule has 2 aliphatic heterocycles. The number of carbonyl (C=O) groups is 1. The van der Waals surface area contributed by atoms with Crippen molar-refractivity contribution in [3.63, 3.8) is 0 Å². The number of nitrogens with zero attached hydrogens (tertiary/aromatic N) is 2. The van der Waals surface area contributed by atoms with Crippen LogP contribution in [0.4, 0.5) is 5.88 Å². The Labute approximate surface area is 116 Å². The van der Waals surface area contributed by atoms with Gasteiger partial charge in [-0.1, -0.05) is 0 Å². The van der Waals surface area contributed by atoms with Crippen molar-refractivity contribution in [3.05, 3.63) is 28.0 Å². The number of nitro groups is 1. The van der Waals surface area contributed by atoms with Crippen molar-refractivity contribution in [1.82, 2.24) is 10.2 Å². The molecule has 0 bridgehead atoms. The van der Waals surface area contributed by atoms with E-state index in [2.05, 4.69) is 5.32 Å². The summed E-state index contributed by atoms with van der Waals surface area (Å²) in [6.07, 6.45) is 1.96. The Morgan fingerprint density at radius 3 is 2.50 bits per heavy atom. The van der Waals surface area contributed by atoms with Gasteiger partial charge in [0.2, 0.25) is 0 Å². The van der Waals surface area contributed by atoms with Gasteiger partial charge in [0.1, 0.15) is 4.92 Å². The fraction of sp³-hybridized carbons (Fsp3) is 0.615. The lowest BCUT2D eigenvalue weighted by atomic mass is 9.92. The highest BCUT2D eigenvalue weighted by atomic mass is 16.6. The average molecular weight is 279 g/mol. The highest BCUT2D eigenvalue weighted by molar-refractivity contribution is 5.91. The van der Waals surface area contributed by atoms with E-state index in [1.807, 2.05) is 0 Å². The summed E-state index contributed by atoms with van der Waals surface area (Å²) < 4.78 is 4.99. The third-order valence-electron chi connectivity index (χ3n) is 4.29. The Morgan fingerprint density at radius 1 is 1.30 bits per heavy atom. The van der Waals surface area contributed by atoms with E-state index in [4.69, 9.17) is 4.42 Å². The molecule has 1 amide bonds. The van der Waals surface area contributed by atoms with Crippen LogP contribution in [0.1, 0.15) is 23.4 Å². The largest absolute Gasteiger partial charge is 0.433 e. The minimum absolute atomic E-state index is 0.0573. The third kappa shape index (κ3) is 2.40. The Balaban J connectivity index is 1.68. The summed E-state index contributed by atoms with van der Waals surface area (Å²) in [5.41, 5.74) is 0. The predicted molar refractivity (Wildman–Crippen MR) is 70.3 cm³/mol. The summed E-state index contributed by atoms with van der Waals surface area (Å²) >= 11 is 0. The Morgan fingerprint density at radius 2 is 1.95 bits per heavy atom. The van der Waals surface area contributed by atoms with Gasteiger partial charge in [0, 0.05) is 13.1 Å². The van der Waals surface area contributed by atoms with Crippen molar-refractivity contribution < 1.29 is 14.1 Å². The molecule has 2 atom stereocenters. The summed E-state index contributed by atoms with van der Waals surface area (Å²) in [6.45, 7) is 3.43. The van der Waals surface area contributed by atoms with Gasteiger partial charge in [-0.25, -0.2) is 0 Å². The molecule has 2 fully saturated rings. The van der Waals surface area contributed by atoms with Gasteiger partial charge in [0.15, 0.2) is 5.76 Å². The Bertz CT molecular complexity index is 513. The van der Waals surface area contributed by atoms with E-state index in [0.717, 1.165) is 25.9 Å². The number of rotatable bonds is 2. The maximum atomic E-state index is 12.3. The summed E-state index contributed by atoms with van der Waals surface area (Å²) in [4.78, 5) is 24.0. The zero-order valence-electron chi connectivity index (χ0n) is 11.1. The normalized spacial score (nSPS) is 26.1. The van der Waals surface area contributed by atoms with Gasteiger partial charge in [0.25, 0.3) is 5.91 Å². The van der Waals surface area contributed by atoms with E-state index in [1.54, 1.807) is 4.90 Å². The van der Waals surface area contributed by atoms with Gasteiger partial charge in [0.05, 0.1) is 6.07 Å². The molecular weight excluding hydrogens is 262 g/mol. The number of hydrogen-bond donors (Lipinski definition) is 1. The van der Waals surface area contributed by atoms with E-state index in [0.29, 0.717) is 24.9 Å². The average Bonchev–Trinajstić information content (AvgIpc) is 3.04. The van der Waals surface area contributed by atoms with Crippen LogP contribution < -0.4 is 5.32 Å². The standard InChI is InChI=1S/C13H17N3O4/c17-13(11-1-2-12(20-11)16(18)19)15-5-3-9-7-14-8-10(9)4-6-15/h1-2,9-10,14H,3-8H2/t9-,10+. The van der Waals surface area contributed by atoms with Gasteiger partial charge in [-0.3, -0.25) is 14.9 Å². The molecule has 3 rings (SSSR count). The molecule has 7 heteroatoms. The first-order chi connectivity index (χ1) is 9.65. The minimum Gasteiger partial charge on any atom is -0.395 e. The Hall–Kier alpha value is -1.89. The number of hydrogen-bond acceptors (Lipinski definition) is 5. The van der Waals surface area contributed by atoms with Crippen LogP contribution in [-0.2, 0) is 0 Å². The second kappa shape index (κ2) is 5.24. The molecule has 3 heterocycles. The highest BCUT2D eigenvalue weighted by Crippen LogP contribution is 2.28. The number of amides is 1. The first kappa shape index (κ1) is 13.1. The van der Waals surface area contributed by atoms with Gasteiger partial charge in [-0.2, -0.15) is 0 Å². The van der Waals surface area contributed by atoms with Gasteiger partial charge < -0.3 is 14.6 Å². The molecule has 0 radical (unpaired) electrons. The molecule has 1 aromatic heterocycles. The van der Waals surface area contributed by atoms with E-state index < -0.39 is 4.92 Å². The second-order valence-corrected chi connectivity index (χ2v) is 5.44. The van der Waals surface area contributed by atoms with Crippen molar-refractivity contribution in [1.29, 1.82) is 0 Å². The maximum absolute atomic E-state index is 12.3. The number of fused-ring (bicyclic) bond motifs is 1. The molecule has 0 spiro atoms. The minimum atomic E-state index is -0.630. The third-order valence-corrected chi connectivity index (χ3v) is 4.29. The first-order valence-corrected chi connectivity index (χ1v) is 6.89. The molecule has 0 aliphatic carbocycles. The number of nitrogens with one attached hydrogen (secondary N) is 1. The topological polar surface area (TPSA) is 88.6 Å². The van der Waals surface area contributed by atoms with Crippen LogP contribution in [0.15, 0.2) is 16.5 Å². The lowest BCUT2D eigenvalue weighted by Crippen LogP contribution is -2.32. The molecule has 0 saturated carbocycles. The van der Waals surface area contributed by atoms with E-state index >= 15 is 0 Å². The van der Waals surface area contributed by atoms with Crippen molar-refractivity contribution >= 4 is 11.8 Å². The lowest BCUT2D eigenvalue weighted by Gasteiger charge is -2.19. The lowest BCUT2D eigenvalue weighted by molar-refractivity contribution is -0.402. The van der Waals surface area contributed by atoms with Gasteiger partial charge >= 0.3 is 5.88 Å². The molecule has 108 valence electrons. The molecular formula is C13H17N3O4. The molecule has 0 aromatic carbocycles. The summed E-state index contributed by atoms with van der Waals surface area (Å²) in [7, 11) is 0. The van der Waals surface area contributed by atoms with Crippen LogP contribution >= 0.6 is 0 Å². The van der Waals surface area contributed by atoms with Crippen molar-refractivity contribution in [2.45, 2.75) is 12.8 Å². The summed E-state index contributed by atoms with van der Waals surface area (Å²) in [5, 5.41) is 14.0. The SMILES string of the molecule is O=C(c1ccc([N+](=O)[O-])o1)N1CC[C@@H]2CNC[C@@H]2CC1. The number of carbonyl (C=O) groups excluding carboxylic acids is 1. The monoisotopic (exact) mass is 279 g/mol. The van der Waals surface area contributed by atoms with E-state index in [9.17, 15) is 14.9 Å². The van der Waals surface area contributed by atoms with Crippen molar-refractivity contribution in [3.8, 4) is 0 Å². The fourth-order valence-electron chi connectivity index (χ4n) is 3.12. The molecule has 0 unspecified atom stereocenters. The van der Waals surface area contributed by atoms with Gasteiger partial charge in [-0.15, -0.1) is 0 Å². The smallest absolute Gasteiger partial charge is 0.395 e. The Kier molecular flexibility index (Phi) is 3.43. The van der Waals surface area contributed by atoms with E-state index in [1.165, 1.54) is 12.1 Å². The second-order valence-electron chi connectivity index (χ2n) is 5.44. The number of furan rings is 1. The zero-order chi connectivity index (χ0) is 14.1. The van der Waals surface area contributed by atoms with Crippen LogP contribution in [0.3, 0.4) is 0 Å². The van der Waals surface area contributed by atoms with Crippen LogP contribution in [0, 0.1) is 22.0 Å². The summed E-state index contributed by atoms with van der Waals surface area (Å²) in [5.74, 6) is 0.703. The molecule has 7 nitrogen and oxygen atoms in total. The molecule has 1 aromatic rings. The first-order valence-electron chi connectivity index (χ1n) is 6.89. The van der Waals surface area contributed by atoms with Gasteiger partial charge in [-0.05, 0) is 43.8 Å². The van der Waals surface area contributed by atoms with E-state index in [-0.39, 0.29) is 17.6 Å². The maximum Gasteiger partial charge on any atom is 0.433 e. The van der Waals surface area contributed by atoms with Crippen LogP contribution in [0.25, 0.3) is 0 Å². The fourth-order valence-corrected chi connectivity index (χ4v) is 3.12.